The van der Waals surface area contributed by atoms with Crippen LogP contribution in [0.1, 0.15) is 19.0 Å². The maximum absolute atomic E-state index is 11.9. The van der Waals surface area contributed by atoms with Gasteiger partial charge in [0.05, 0.1) is 12.5 Å². The molecule has 6 nitrogen and oxygen atoms in total. The number of hydrogen-bond donors (Lipinski definition) is 1. The minimum atomic E-state index is -3.81. The lowest BCUT2D eigenvalue weighted by Crippen LogP contribution is -2.32. The third-order valence-corrected chi connectivity index (χ3v) is 3.54. The van der Waals surface area contributed by atoms with Gasteiger partial charge in [-0.1, -0.05) is 0 Å². The maximum Gasteiger partial charge on any atom is 0.243 e. The summed E-state index contributed by atoms with van der Waals surface area (Å²) in [5.74, 6) is 0. The van der Waals surface area contributed by atoms with Gasteiger partial charge in [0.2, 0.25) is 10.0 Å². The van der Waals surface area contributed by atoms with Crippen molar-refractivity contribution in [2.24, 2.45) is 0 Å². The highest BCUT2D eigenvalue weighted by atomic mass is 32.2. The van der Waals surface area contributed by atoms with Crippen molar-refractivity contribution in [3.05, 3.63) is 24.0 Å². The van der Waals surface area contributed by atoms with Gasteiger partial charge in [-0.05, 0) is 19.1 Å². The summed E-state index contributed by atoms with van der Waals surface area (Å²) in [4.78, 5) is 3.50. The molecule has 1 atom stereocenters. The fourth-order valence-electron chi connectivity index (χ4n) is 1.20. The number of hydrogen-bond acceptors (Lipinski definition) is 5. The van der Waals surface area contributed by atoms with Crippen molar-refractivity contribution in [3.8, 4) is 12.1 Å². The zero-order valence-electron chi connectivity index (χ0n) is 9.08. The molecule has 1 aromatic rings. The van der Waals surface area contributed by atoms with E-state index in [1.54, 1.807) is 13.0 Å². The molecule has 0 amide bonds. The van der Waals surface area contributed by atoms with Crippen molar-refractivity contribution in [3.63, 3.8) is 0 Å². The molecule has 7 heteroatoms. The van der Waals surface area contributed by atoms with E-state index < -0.39 is 16.1 Å². The number of rotatable bonds is 4. The minimum Gasteiger partial charge on any atom is -0.244 e. The van der Waals surface area contributed by atoms with Crippen molar-refractivity contribution in [1.29, 1.82) is 10.5 Å². The predicted molar refractivity (Wildman–Crippen MR) is 59.0 cm³/mol. The Morgan fingerprint density at radius 2 is 2.24 bits per heavy atom. The molecule has 0 saturated carbocycles. The van der Waals surface area contributed by atoms with Gasteiger partial charge in [-0.3, -0.25) is 0 Å². The summed E-state index contributed by atoms with van der Waals surface area (Å²) in [5, 5.41) is 17.2. The van der Waals surface area contributed by atoms with Crippen LogP contribution in [0.3, 0.4) is 0 Å². The third-order valence-electron chi connectivity index (χ3n) is 1.92. The first-order valence-corrected chi connectivity index (χ1v) is 6.24. The summed E-state index contributed by atoms with van der Waals surface area (Å²) < 4.78 is 26.1. The lowest BCUT2D eigenvalue weighted by atomic mass is 10.3. The van der Waals surface area contributed by atoms with Crippen molar-refractivity contribution in [1.82, 2.24) is 9.71 Å². The van der Waals surface area contributed by atoms with Crippen molar-refractivity contribution >= 4 is 10.0 Å². The van der Waals surface area contributed by atoms with Crippen molar-refractivity contribution < 1.29 is 8.42 Å². The zero-order valence-corrected chi connectivity index (χ0v) is 9.90. The molecule has 0 aliphatic carbocycles. The number of aromatic nitrogens is 1. The fourth-order valence-corrected chi connectivity index (χ4v) is 2.55. The molecule has 0 radical (unpaired) electrons. The van der Waals surface area contributed by atoms with E-state index in [4.69, 9.17) is 10.5 Å². The van der Waals surface area contributed by atoms with Crippen LogP contribution < -0.4 is 4.72 Å². The Labute approximate surface area is 99.6 Å². The quantitative estimate of drug-likeness (QED) is 0.838. The van der Waals surface area contributed by atoms with Gasteiger partial charge in [0, 0.05) is 12.2 Å². The standard InChI is InChI=1S/C10H10N4O2S/c1-8(4-5-11)14-17(15,16)10-3-2-6-13-9(10)7-12/h2-3,6,8,14H,4H2,1H3. The fraction of sp³-hybridized carbons (Fsp3) is 0.300. The second-order valence-electron chi connectivity index (χ2n) is 3.35. The highest BCUT2D eigenvalue weighted by Crippen LogP contribution is 2.12. The number of pyridine rings is 1. The largest absolute Gasteiger partial charge is 0.244 e. The van der Waals surface area contributed by atoms with E-state index in [1.165, 1.54) is 18.3 Å². The normalized spacial score (nSPS) is 12.4. The van der Waals surface area contributed by atoms with E-state index in [0.29, 0.717) is 0 Å². The van der Waals surface area contributed by atoms with Crippen LogP contribution in [0.5, 0.6) is 0 Å². The van der Waals surface area contributed by atoms with E-state index in [9.17, 15) is 8.42 Å². The topological polar surface area (TPSA) is 107 Å². The average Bonchev–Trinajstić information content (AvgIpc) is 2.28. The van der Waals surface area contributed by atoms with Crippen LogP contribution in [0.25, 0.3) is 0 Å². The molecule has 1 rings (SSSR count). The van der Waals surface area contributed by atoms with Crippen LogP contribution in [-0.4, -0.2) is 19.4 Å². The summed E-state index contributed by atoms with van der Waals surface area (Å²) >= 11 is 0. The molecule has 1 N–H and O–H groups in total. The SMILES string of the molecule is CC(CC#N)NS(=O)(=O)c1cccnc1C#N. The molecule has 1 heterocycles. The average molecular weight is 250 g/mol. The molecule has 0 bridgehead atoms. The summed E-state index contributed by atoms with van der Waals surface area (Å²) in [5.41, 5.74) is -0.163. The monoisotopic (exact) mass is 250 g/mol. The number of nitrogens with zero attached hydrogens (tertiary/aromatic N) is 3. The third kappa shape index (κ3) is 3.25. The van der Waals surface area contributed by atoms with Crippen molar-refractivity contribution in [2.45, 2.75) is 24.3 Å². The molecular formula is C10H10N4O2S. The van der Waals surface area contributed by atoms with Crippen LogP contribution in [0, 0.1) is 22.7 Å². The predicted octanol–water partition coefficient (Wildman–Crippen LogP) is 0.534. The van der Waals surface area contributed by atoms with Gasteiger partial charge >= 0.3 is 0 Å². The zero-order chi connectivity index (χ0) is 12.9. The van der Waals surface area contributed by atoms with Crippen molar-refractivity contribution in [2.75, 3.05) is 0 Å². The van der Waals surface area contributed by atoms with E-state index in [2.05, 4.69) is 9.71 Å². The van der Waals surface area contributed by atoms with Gasteiger partial charge in [0.15, 0.2) is 5.69 Å². The lowest BCUT2D eigenvalue weighted by molar-refractivity contribution is 0.562. The Hall–Kier alpha value is -1.96. The van der Waals surface area contributed by atoms with Crippen LogP contribution in [0.2, 0.25) is 0 Å². The molecule has 0 aromatic carbocycles. The lowest BCUT2D eigenvalue weighted by Gasteiger charge is -2.11. The van der Waals surface area contributed by atoms with Gasteiger partial charge in [-0.15, -0.1) is 0 Å². The first kappa shape index (κ1) is 13.1. The van der Waals surface area contributed by atoms with Gasteiger partial charge in [-0.2, -0.15) is 10.5 Å². The molecule has 0 fully saturated rings. The second kappa shape index (κ2) is 5.39. The van der Waals surface area contributed by atoms with Crippen LogP contribution >= 0.6 is 0 Å². The Kier molecular flexibility index (Phi) is 4.16. The highest BCUT2D eigenvalue weighted by molar-refractivity contribution is 7.89. The molecule has 1 unspecified atom stereocenters. The summed E-state index contributed by atoms with van der Waals surface area (Å²) in [6.07, 6.45) is 1.40. The molecule has 0 aliphatic heterocycles. The Morgan fingerprint density at radius 3 is 2.82 bits per heavy atom. The maximum atomic E-state index is 11.9. The van der Waals surface area contributed by atoms with Crippen LogP contribution in [0.15, 0.2) is 23.2 Å². The van der Waals surface area contributed by atoms with E-state index >= 15 is 0 Å². The van der Waals surface area contributed by atoms with Gasteiger partial charge < -0.3 is 0 Å². The Balaban J connectivity index is 3.07. The molecular weight excluding hydrogens is 240 g/mol. The van der Waals surface area contributed by atoms with E-state index in [0.717, 1.165) is 0 Å². The molecule has 0 spiro atoms. The van der Waals surface area contributed by atoms with Crippen LogP contribution in [-0.2, 0) is 10.0 Å². The Bertz CT molecular complexity index is 583. The molecule has 0 aliphatic rings. The second-order valence-corrected chi connectivity index (χ2v) is 5.03. The molecule has 17 heavy (non-hydrogen) atoms. The first-order valence-electron chi connectivity index (χ1n) is 4.75. The molecule has 1 aromatic heterocycles. The number of nitrogens with one attached hydrogen (secondary N) is 1. The van der Waals surface area contributed by atoms with E-state index in [-0.39, 0.29) is 17.0 Å². The molecule has 0 saturated heterocycles. The smallest absolute Gasteiger partial charge is 0.243 e. The summed E-state index contributed by atoms with van der Waals surface area (Å²) in [6, 6.07) is 5.79. The van der Waals surface area contributed by atoms with Gasteiger partial charge in [0.1, 0.15) is 11.0 Å². The van der Waals surface area contributed by atoms with Gasteiger partial charge in [0.25, 0.3) is 0 Å². The summed E-state index contributed by atoms with van der Waals surface area (Å²) in [7, 11) is -3.81. The molecule has 88 valence electrons. The Morgan fingerprint density at radius 1 is 1.53 bits per heavy atom. The minimum absolute atomic E-state index is 0.0569. The van der Waals surface area contributed by atoms with Crippen LogP contribution in [0.4, 0.5) is 0 Å². The number of nitriles is 2. The van der Waals surface area contributed by atoms with Gasteiger partial charge in [-0.25, -0.2) is 18.1 Å². The summed E-state index contributed by atoms with van der Waals surface area (Å²) in [6.45, 7) is 1.57. The number of sulfonamides is 1. The first-order chi connectivity index (χ1) is 8.01. The highest BCUT2D eigenvalue weighted by Gasteiger charge is 2.21. The van der Waals surface area contributed by atoms with E-state index in [1.807, 2.05) is 6.07 Å².